The molecule has 1 aliphatic heterocycles. The molecule has 0 bridgehead atoms. The lowest BCUT2D eigenvalue weighted by Gasteiger charge is -2.24. The molecular formula is C29H24N2O4S. The standard InChI is InChI=1S/C29H24N2O4S/c1-19-15-22(11-12-23(19)35-18-20-7-3-2-4-8-20)27(32)25-26(24-10-6-14-36-24)31(29(34)28(25)33)17-21-9-5-13-30-16-21/h2-16,26,32H,17-18H2,1H3/t26-/m0/s1. The van der Waals surface area contributed by atoms with E-state index in [1.165, 1.54) is 16.2 Å². The molecule has 1 fully saturated rings. The van der Waals surface area contributed by atoms with Gasteiger partial charge < -0.3 is 14.7 Å². The third-order valence-corrected chi connectivity index (χ3v) is 7.04. The van der Waals surface area contributed by atoms with Gasteiger partial charge in [-0.1, -0.05) is 42.5 Å². The third kappa shape index (κ3) is 4.65. The van der Waals surface area contributed by atoms with Crippen molar-refractivity contribution in [3.63, 3.8) is 0 Å². The Morgan fingerprint density at radius 1 is 1.03 bits per heavy atom. The number of ether oxygens (including phenoxy) is 1. The highest BCUT2D eigenvalue weighted by atomic mass is 32.1. The van der Waals surface area contributed by atoms with Crippen LogP contribution in [0.5, 0.6) is 5.75 Å². The number of nitrogens with zero attached hydrogens (tertiary/aromatic N) is 2. The van der Waals surface area contributed by atoms with Crippen molar-refractivity contribution in [3.8, 4) is 5.75 Å². The molecule has 1 N–H and O–H groups in total. The van der Waals surface area contributed by atoms with E-state index < -0.39 is 17.7 Å². The summed E-state index contributed by atoms with van der Waals surface area (Å²) < 4.78 is 5.95. The summed E-state index contributed by atoms with van der Waals surface area (Å²) in [6.07, 6.45) is 3.33. The second kappa shape index (κ2) is 10.2. The first-order valence-electron chi connectivity index (χ1n) is 11.5. The van der Waals surface area contributed by atoms with E-state index in [-0.39, 0.29) is 17.9 Å². The van der Waals surface area contributed by atoms with E-state index in [0.717, 1.165) is 21.6 Å². The molecule has 0 spiro atoms. The lowest BCUT2D eigenvalue weighted by atomic mass is 9.98. The highest BCUT2D eigenvalue weighted by molar-refractivity contribution is 7.10. The first-order valence-corrected chi connectivity index (χ1v) is 12.4. The number of aliphatic hydroxyl groups is 1. The van der Waals surface area contributed by atoms with Gasteiger partial charge in [-0.05, 0) is 59.3 Å². The van der Waals surface area contributed by atoms with Crippen molar-refractivity contribution in [2.24, 2.45) is 0 Å². The number of carbonyl (C=O) groups is 2. The van der Waals surface area contributed by atoms with Gasteiger partial charge in [0.05, 0.1) is 11.6 Å². The van der Waals surface area contributed by atoms with Gasteiger partial charge in [0.15, 0.2) is 0 Å². The Morgan fingerprint density at radius 3 is 2.53 bits per heavy atom. The summed E-state index contributed by atoms with van der Waals surface area (Å²) in [6, 6.07) is 21.8. The fraction of sp³-hybridized carbons (Fsp3) is 0.138. The van der Waals surface area contributed by atoms with Gasteiger partial charge in [0.1, 0.15) is 18.1 Å². The summed E-state index contributed by atoms with van der Waals surface area (Å²) in [7, 11) is 0. The lowest BCUT2D eigenvalue weighted by Crippen LogP contribution is -2.28. The van der Waals surface area contributed by atoms with Crippen LogP contribution in [0.15, 0.2) is 96.1 Å². The van der Waals surface area contributed by atoms with Gasteiger partial charge in [-0.25, -0.2) is 0 Å². The Bertz CT molecular complexity index is 1420. The van der Waals surface area contributed by atoms with Crippen LogP contribution in [0.3, 0.4) is 0 Å². The number of aryl methyl sites for hydroxylation is 1. The molecule has 0 saturated carbocycles. The smallest absolute Gasteiger partial charge is 0.295 e. The Labute approximate surface area is 213 Å². The molecule has 6 nitrogen and oxygen atoms in total. The number of rotatable bonds is 7. The van der Waals surface area contributed by atoms with Crippen LogP contribution in [0.2, 0.25) is 0 Å². The Kier molecular flexibility index (Phi) is 6.64. The Balaban J connectivity index is 1.48. The molecule has 1 amide bonds. The second-order valence-electron chi connectivity index (χ2n) is 8.56. The van der Waals surface area contributed by atoms with E-state index >= 15 is 0 Å². The Morgan fingerprint density at radius 2 is 1.83 bits per heavy atom. The number of carbonyl (C=O) groups excluding carboxylic acids is 2. The van der Waals surface area contributed by atoms with Gasteiger partial charge >= 0.3 is 0 Å². The second-order valence-corrected chi connectivity index (χ2v) is 9.54. The minimum absolute atomic E-state index is 0.0868. The van der Waals surface area contributed by atoms with Gasteiger partial charge in [-0.3, -0.25) is 14.6 Å². The zero-order valence-corrected chi connectivity index (χ0v) is 20.4. The van der Waals surface area contributed by atoms with Crippen LogP contribution in [-0.2, 0) is 22.7 Å². The molecule has 36 heavy (non-hydrogen) atoms. The van der Waals surface area contributed by atoms with Crippen molar-refractivity contribution in [1.29, 1.82) is 0 Å². The van der Waals surface area contributed by atoms with Gasteiger partial charge in [0, 0.05) is 29.4 Å². The first kappa shape index (κ1) is 23.5. The number of hydrogen-bond donors (Lipinski definition) is 1. The molecule has 5 rings (SSSR count). The van der Waals surface area contributed by atoms with Crippen molar-refractivity contribution in [2.45, 2.75) is 26.1 Å². The maximum absolute atomic E-state index is 13.2. The zero-order valence-electron chi connectivity index (χ0n) is 19.6. The summed E-state index contributed by atoms with van der Waals surface area (Å²) in [6.45, 7) is 2.52. The SMILES string of the molecule is Cc1cc(C(O)=C2C(=O)C(=O)N(Cc3cccnc3)[C@H]2c2cccs2)ccc1OCc1ccccc1. The van der Waals surface area contributed by atoms with E-state index in [1.807, 2.05) is 60.8 Å². The number of benzene rings is 2. The fourth-order valence-corrected chi connectivity index (χ4v) is 5.17. The predicted octanol–water partition coefficient (Wildman–Crippen LogP) is 5.65. The number of hydrogen-bond acceptors (Lipinski definition) is 6. The van der Waals surface area contributed by atoms with Crippen LogP contribution in [-0.4, -0.2) is 26.7 Å². The van der Waals surface area contributed by atoms with E-state index in [9.17, 15) is 14.7 Å². The maximum atomic E-state index is 13.2. The minimum Gasteiger partial charge on any atom is -0.507 e. The van der Waals surface area contributed by atoms with Crippen LogP contribution in [0.4, 0.5) is 0 Å². The lowest BCUT2D eigenvalue weighted by molar-refractivity contribution is -0.140. The number of aliphatic hydroxyl groups excluding tert-OH is 1. The number of ketones is 1. The maximum Gasteiger partial charge on any atom is 0.295 e. The largest absolute Gasteiger partial charge is 0.507 e. The summed E-state index contributed by atoms with van der Waals surface area (Å²) in [5.41, 5.74) is 3.21. The summed E-state index contributed by atoms with van der Waals surface area (Å²) in [5.74, 6) is -0.851. The molecule has 7 heteroatoms. The van der Waals surface area contributed by atoms with E-state index in [0.29, 0.717) is 17.9 Å². The predicted molar refractivity (Wildman–Crippen MR) is 138 cm³/mol. The van der Waals surface area contributed by atoms with Crippen LogP contribution in [0, 0.1) is 6.92 Å². The molecule has 3 heterocycles. The van der Waals surface area contributed by atoms with Crippen molar-refractivity contribution in [1.82, 2.24) is 9.88 Å². The first-order chi connectivity index (χ1) is 17.5. The van der Waals surface area contributed by atoms with E-state index in [4.69, 9.17) is 4.74 Å². The molecule has 0 unspecified atom stereocenters. The number of pyridine rings is 1. The van der Waals surface area contributed by atoms with E-state index in [1.54, 1.807) is 36.7 Å². The minimum atomic E-state index is -0.697. The zero-order chi connectivity index (χ0) is 25.1. The van der Waals surface area contributed by atoms with E-state index in [2.05, 4.69) is 4.98 Å². The molecule has 4 aromatic rings. The van der Waals surface area contributed by atoms with Crippen molar-refractivity contribution in [2.75, 3.05) is 0 Å². The van der Waals surface area contributed by atoms with Gasteiger partial charge in [0.25, 0.3) is 11.7 Å². The topological polar surface area (TPSA) is 79.7 Å². The highest BCUT2D eigenvalue weighted by Gasteiger charge is 2.46. The normalized spacial score (nSPS) is 16.9. The molecule has 2 aromatic carbocycles. The molecule has 0 radical (unpaired) electrons. The van der Waals surface area contributed by atoms with Crippen LogP contribution in [0.25, 0.3) is 5.76 Å². The molecule has 1 aliphatic rings. The number of amides is 1. The average Bonchev–Trinajstić information content (AvgIpc) is 3.52. The highest BCUT2D eigenvalue weighted by Crippen LogP contribution is 2.42. The summed E-state index contributed by atoms with van der Waals surface area (Å²) in [4.78, 5) is 32.7. The molecule has 1 atom stereocenters. The summed E-state index contributed by atoms with van der Waals surface area (Å²) >= 11 is 1.44. The average molecular weight is 497 g/mol. The molecular weight excluding hydrogens is 472 g/mol. The van der Waals surface area contributed by atoms with Crippen molar-refractivity contribution >= 4 is 28.8 Å². The molecule has 1 saturated heterocycles. The van der Waals surface area contributed by atoms with Crippen molar-refractivity contribution < 1.29 is 19.4 Å². The fourth-order valence-electron chi connectivity index (χ4n) is 4.32. The Hall–Kier alpha value is -4.23. The number of Topliss-reactive ketones (excluding diaryl/α,β-unsaturated/α-hetero) is 1. The molecule has 180 valence electrons. The summed E-state index contributed by atoms with van der Waals surface area (Å²) in [5, 5.41) is 13.2. The monoisotopic (exact) mass is 496 g/mol. The van der Waals surface area contributed by atoms with Gasteiger partial charge in [-0.15, -0.1) is 11.3 Å². The van der Waals surface area contributed by atoms with Crippen LogP contribution in [0.1, 0.15) is 33.2 Å². The van der Waals surface area contributed by atoms with Gasteiger partial charge in [0.2, 0.25) is 0 Å². The number of likely N-dealkylation sites (tertiary alicyclic amines) is 1. The quantitative estimate of drug-likeness (QED) is 0.203. The van der Waals surface area contributed by atoms with Crippen LogP contribution < -0.4 is 4.74 Å². The molecule has 0 aliphatic carbocycles. The molecule has 2 aromatic heterocycles. The van der Waals surface area contributed by atoms with Crippen LogP contribution >= 0.6 is 11.3 Å². The number of aromatic nitrogens is 1. The third-order valence-electron chi connectivity index (χ3n) is 6.11. The van der Waals surface area contributed by atoms with Gasteiger partial charge in [-0.2, -0.15) is 0 Å². The van der Waals surface area contributed by atoms with Crippen molar-refractivity contribution in [3.05, 3.63) is 123 Å². The number of thiophene rings is 1.